The number of rotatable bonds is 11. The zero-order chi connectivity index (χ0) is 26.1. The molecule has 1 aliphatic carbocycles. The number of nitrogens with one attached hydrogen (secondary N) is 3. The van der Waals surface area contributed by atoms with Crippen molar-refractivity contribution in [3.05, 3.63) is 64.7 Å². The molecule has 2 aromatic rings. The molecular weight excluding hydrogens is 478 g/mol. The Morgan fingerprint density at radius 3 is 2.39 bits per heavy atom. The predicted molar refractivity (Wildman–Crippen MR) is 142 cm³/mol. The predicted octanol–water partition coefficient (Wildman–Crippen LogP) is 4.28. The zero-order valence-electron chi connectivity index (χ0n) is 21.3. The van der Waals surface area contributed by atoms with Gasteiger partial charge in [-0.15, -0.1) is 0 Å². The SMILES string of the molecule is CNC(=O)C(CC1CCC(C(O)NCc2ccccc2)CC1)NC(=O)c1ccc(OC(C)C)c(Cl)c1. The van der Waals surface area contributed by atoms with Gasteiger partial charge in [0.15, 0.2) is 0 Å². The lowest BCUT2D eigenvalue weighted by Crippen LogP contribution is -2.47. The van der Waals surface area contributed by atoms with Crippen molar-refractivity contribution in [2.75, 3.05) is 7.05 Å². The molecule has 8 heteroatoms. The average molecular weight is 516 g/mol. The number of benzene rings is 2. The molecule has 2 unspecified atom stereocenters. The van der Waals surface area contributed by atoms with Crippen LogP contribution < -0.4 is 20.7 Å². The Bertz CT molecular complexity index is 994. The van der Waals surface area contributed by atoms with Crippen LogP contribution in [0.2, 0.25) is 5.02 Å². The number of hydrogen-bond donors (Lipinski definition) is 4. The molecule has 3 rings (SSSR count). The lowest BCUT2D eigenvalue weighted by atomic mass is 9.78. The molecule has 0 radical (unpaired) electrons. The van der Waals surface area contributed by atoms with Crippen molar-refractivity contribution in [3.63, 3.8) is 0 Å². The largest absolute Gasteiger partial charge is 0.489 e. The van der Waals surface area contributed by atoms with Crippen molar-refractivity contribution in [1.82, 2.24) is 16.0 Å². The Hall–Kier alpha value is -2.61. The summed E-state index contributed by atoms with van der Waals surface area (Å²) in [5, 5.41) is 19.7. The molecule has 1 saturated carbocycles. The van der Waals surface area contributed by atoms with Gasteiger partial charge < -0.3 is 20.5 Å². The lowest BCUT2D eigenvalue weighted by molar-refractivity contribution is -0.123. The van der Waals surface area contributed by atoms with E-state index in [0.29, 0.717) is 29.3 Å². The standard InChI is InChI=1S/C28H38ClN3O4/c1-18(2)36-25-14-13-22(16-23(25)29)27(34)32-24(28(35)30-3)15-19-9-11-21(12-10-19)26(33)31-17-20-7-5-4-6-8-20/h4-8,13-14,16,18-19,21,24,26,31,33H,9-12,15,17H2,1-3H3,(H,30,35)(H,32,34). The third-order valence-corrected chi connectivity index (χ3v) is 6.99. The van der Waals surface area contributed by atoms with Gasteiger partial charge in [0.2, 0.25) is 5.91 Å². The molecule has 0 aliphatic heterocycles. The topological polar surface area (TPSA) is 99.7 Å². The summed E-state index contributed by atoms with van der Waals surface area (Å²) < 4.78 is 5.63. The Morgan fingerprint density at radius 2 is 1.78 bits per heavy atom. The first-order chi connectivity index (χ1) is 17.3. The summed E-state index contributed by atoms with van der Waals surface area (Å²) >= 11 is 6.29. The lowest BCUT2D eigenvalue weighted by Gasteiger charge is -2.33. The van der Waals surface area contributed by atoms with Gasteiger partial charge in [0.1, 0.15) is 18.0 Å². The van der Waals surface area contributed by atoms with Crippen LogP contribution in [0.3, 0.4) is 0 Å². The molecule has 2 amide bonds. The molecule has 0 heterocycles. The minimum atomic E-state index is -0.643. The summed E-state index contributed by atoms with van der Waals surface area (Å²) in [7, 11) is 1.57. The Balaban J connectivity index is 1.52. The van der Waals surface area contributed by atoms with Crippen LogP contribution in [0.1, 0.15) is 61.9 Å². The first kappa shape index (κ1) is 28.0. The first-order valence-corrected chi connectivity index (χ1v) is 13.1. The van der Waals surface area contributed by atoms with Gasteiger partial charge in [-0.05, 0) is 81.5 Å². The highest BCUT2D eigenvalue weighted by molar-refractivity contribution is 6.32. The maximum atomic E-state index is 12.9. The van der Waals surface area contributed by atoms with Crippen LogP contribution in [0.25, 0.3) is 0 Å². The van der Waals surface area contributed by atoms with Gasteiger partial charge in [-0.3, -0.25) is 14.9 Å². The summed E-state index contributed by atoms with van der Waals surface area (Å²) in [5.41, 5.74) is 1.51. The number of likely N-dealkylation sites (N-methyl/N-ethyl adjacent to an activating group) is 1. The molecule has 4 N–H and O–H groups in total. The Kier molecular flexibility index (Phi) is 10.6. The van der Waals surface area contributed by atoms with E-state index in [-0.39, 0.29) is 29.8 Å². The minimum absolute atomic E-state index is 0.0318. The summed E-state index contributed by atoms with van der Waals surface area (Å²) in [6.45, 7) is 4.43. The average Bonchev–Trinajstić information content (AvgIpc) is 2.88. The number of ether oxygens (including phenoxy) is 1. The molecule has 0 bridgehead atoms. The van der Waals surface area contributed by atoms with E-state index >= 15 is 0 Å². The fourth-order valence-electron chi connectivity index (χ4n) is 4.70. The molecule has 0 aromatic heterocycles. The number of aliphatic hydroxyl groups excluding tert-OH is 1. The molecular formula is C28H38ClN3O4. The number of halogens is 1. The van der Waals surface area contributed by atoms with Crippen LogP contribution in [0.5, 0.6) is 5.75 Å². The van der Waals surface area contributed by atoms with Crippen LogP contribution in [0.15, 0.2) is 48.5 Å². The second kappa shape index (κ2) is 13.6. The van der Waals surface area contributed by atoms with E-state index in [1.807, 2.05) is 44.2 Å². The number of carbonyl (C=O) groups excluding carboxylic acids is 2. The monoisotopic (exact) mass is 515 g/mol. The number of amides is 2. The van der Waals surface area contributed by atoms with Gasteiger partial charge in [0.25, 0.3) is 5.91 Å². The van der Waals surface area contributed by atoms with Crippen molar-refractivity contribution < 1.29 is 19.4 Å². The molecule has 1 fully saturated rings. The molecule has 1 aliphatic rings. The molecule has 0 spiro atoms. The number of carbonyl (C=O) groups is 2. The second-order valence-corrected chi connectivity index (χ2v) is 10.2. The van der Waals surface area contributed by atoms with Crippen molar-refractivity contribution in [2.45, 2.75) is 70.9 Å². The van der Waals surface area contributed by atoms with E-state index in [4.69, 9.17) is 16.3 Å². The smallest absolute Gasteiger partial charge is 0.251 e. The highest BCUT2D eigenvalue weighted by atomic mass is 35.5. The highest BCUT2D eigenvalue weighted by Gasteiger charge is 2.30. The molecule has 2 atom stereocenters. The van der Waals surface area contributed by atoms with Gasteiger partial charge in [0, 0.05) is 19.2 Å². The first-order valence-electron chi connectivity index (χ1n) is 12.7. The quantitative estimate of drug-likeness (QED) is 0.335. The van der Waals surface area contributed by atoms with Crippen LogP contribution in [0.4, 0.5) is 0 Å². The molecule has 196 valence electrons. The molecule has 7 nitrogen and oxygen atoms in total. The van der Waals surface area contributed by atoms with Crippen LogP contribution in [-0.4, -0.2) is 42.3 Å². The van der Waals surface area contributed by atoms with E-state index in [1.54, 1.807) is 25.2 Å². The van der Waals surface area contributed by atoms with E-state index in [1.165, 1.54) is 0 Å². The van der Waals surface area contributed by atoms with E-state index in [0.717, 1.165) is 31.2 Å². The summed E-state index contributed by atoms with van der Waals surface area (Å²) in [5.74, 6) is 0.405. The Labute approximate surface area is 219 Å². The fraction of sp³-hybridized carbons (Fsp3) is 0.500. The maximum absolute atomic E-state index is 12.9. The van der Waals surface area contributed by atoms with Gasteiger partial charge in [-0.2, -0.15) is 0 Å². The fourth-order valence-corrected chi connectivity index (χ4v) is 4.92. The number of aliphatic hydroxyl groups is 1. The van der Waals surface area contributed by atoms with Crippen LogP contribution >= 0.6 is 11.6 Å². The summed E-state index contributed by atoms with van der Waals surface area (Å²) in [4.78, 5) is 25.5. The van der Waals surface area contributed by atoms with Crippen molar-refractivity contribution in [3.8, 4) is 5.75 Å². The molecule has 0 saturated heterocycles. The maximum Gasteiger partial charge on any atom is 0.251 e. The van der Waals surface area contributed by atoms with Crippen LogP contribution in [0, 0.1) is 11.8 Å². The third kappa shape index (κ3) is 8.22. The number of hydrogen-bond acceptors (Lipinski definition) is 5. The highest BCUT2D eigenvalue weighted by Crippen LogP contribution is 2.33. The van der Waals surface area contributed by atoms with E-state index in [2.05, 4.69) is 16.0 Å². The van der Waals surface area contributed by atoms with E-state index in [9.17, 15) is 14.7 Å². The summed E-state index contributed by atoms with van der Waals surface area (Å²) in [6, 6.07) is 14.3. The van der Waals surface area contributed by atoms with Gasteiger partial charge in [0.05, 0.1) is 11.1 Å². The summed E-state index contributed by atoms with van der Waals surface area (Å²) in [6.07, 6.45) is 3.48. The Morgan fingerprint density at radius 1 is 1.08 bits per heavy atom. The molecule has 36 heavy (non-hydrogen) atoms. The van der Waals surface area contributed by atoms with Gasteiger partial charge >= 0.3 is 0 Å². The second-order valence-electron chi connectivity index (χ2n) is 9.78. The van der Waals surface area contributed by atoms with Crippen molar-refractivity contribution >= 4 is 23.4 Å². The van der Waals surface area contributed by atoms with Crippen molar-refractivity contribution in [2.24, 2.45) is 11.8 Å². The van der Waals surface area contributed by atoms with E-state index < -0.39 is 12.3 Å². The van der Waals surface area contributed by atoms with Gasteiger partial charge in [-0.25, -0.2) is 0 Å². The normalized spacial score (nSPS) is 19.4. The zero-order valence-corrected chi connectivity index (χ0v) is 22.1. The third-order valence-electron chi connectivity index (χ3n) is 6.69. The van der Waals surface area contributed by atoms with Crippen molar-refractivity contribution in [1.29, 1.82) is 0 Å². The van der Waals surface area contributed by atoms with Crippen LogP contribution in [-0.2, 0) is 11.3 Å². The van der Waals surface area contributed by atoms with Gasteiger partial charge in [-0.1, -0.05) is 41.9 Å². The molecule has 2 aromatic carbocycles. The minimum Gasteiger partial charge on any atom is -0.489 e.